The topological polar surface area (TPSA) is 34.4 Å². The molecule has 5 aromatic rings. The van der Waals surface area contributed by atoms with Crippen molar-refractivity contribution >= 4 is 49.8 Å². The highest BCUT2D eigenvalue weighted by Gasteiger charge is 2.15. The van der Waals surface area contributed by atoms with Gasteiger partial charge in [0.2, 0.25) is 0 Å². The van der Waals surface area contributed by atoms with E-state index in [9.17, 15) is 4.79 Å². The summed E-state index contributed by atoms with van der Waals surface area (Å²) in [6, 6.07) is 17.3. The number of nitrogens with zero attached hydrogens (tertiary/aromatic N) is 2. The molecule has 4 heteroatoms. The van der Waals surface area contributed by atoms with Crippen LogP contribution in [0.2, 0.25) is 5.02 Å². The highest BCUT2D eigenvalue weighted by Crippen LogP contribution is 2.29. The van der Waals surface area contributed by atoms with E-state index in [4.69, 9.17) is 11.6 Å². The van der Waals surface area contributed by atoms with Gasteiger partial charge in [-0.2, -0.15) is 0 Å². The molecule has 0 aliphatic rings. The van der Waals surface area contributed by atoms with Gasteiger partial charge in [0.1, 0.15) is 5.65 Å². The van der Waals surface area contributed by atoms with Crippen LogP contribution in [0.5, 0.6) is 0 Å². The quantitative estimate of drug-likeness (QED) is 0.429. The van der Waals surface area contributed by atoms with Crippen molar-refractivity contribution in [2.75, 3.05) is 0 Å². The molecule has 0 radical (unpaired) electrons. The first kappa shape index (κ1) is 12.0. The molecule has 0 aliphatic carbocycles. The zero-order valence-electron chi connectivity index (χ0n) is 11.4. The second-order valence-corrected chi connectivity index (χ2v) is 5.85. The van der Waals surface area contributed by atoms with Crippen LogP contribution in [0.25, 0.3) is 38.2 Å². The predicted octanol–water partition coefficient (Wildman–Crippen LogP) is 4.25. The van der Waals surface area contributed by atoms with Crippen LogP contribution in [0.1, 0.15) is 0 Å². The van der Waals surface area contributed by atoms with E-state index in [-0.39, 0.29) is 5.56 Å². The molecule has 0 aliphatic heterocycles. The van der Waals surface area contributed by atoms with Gasteiger partial charge in [0.15, 0.2) is 0 Å². The van der Waals surface area contributed by atoms with Crippen molar-refractivity contribution in [1.82, 2.24) is 9.38 Å². The Kier molecular flexibility index (Phi) is 2.15. The fourth-order valence-electron chi connectivity index (χ4n) is 3.26. The highest BCUT2D eigenvalue weighted by molar-refractivity contribution is 6.31. The maximum atomic E-state index is 13.0. The van der Waals surface area contributed by atoms with Gasteiger partial charge in [0.05, 0.1) is 11.0 Å². The lowest BCUT2D eigenvalue weighted by molar-refractivity contribution is 1.19. The number of rotatable bonds is 0. The minimum atomic E-state index is -0.0518. The molecule has 104 valence electrons. The van der Waals surface area contributed by atoms with Crippen LogP contribution in [-0.4, -0.2) is 9.38 Å². The molecule has 5 rings (SSSR count). The van der Waals surface area contributed by atoms with Gasteiger partial charge in [-0.1, -0.05) is 41.9 Å². The van der Waals surface area contributed by atoms with Gasteiger partial charge in [-0.25, -0.2) is 4.98 Å². The largest absolute Gasteiger partial charge is 0.268 e. The van der Waals surface area contributed by atoms with Crippen molar-refractivity contribution in [2.24, 2.45) is 0 Å². The third kappa shape index (κ3) is 1.36. The SMILES string of the molecule is O=c1c2cccc3cccc(c32)c2nc3ccc(Cl)cc3n12. The standard InChI is InChI=1S/C18H9ClN2O/c19-11-7-8-14-15(9-11)21-17(20-14)12-5-1-3-10-4-2-6-13(16(10)12)18(21)22/h1-9H. The second kappa shape index (κ2) is 3.96. The Balaban J connectivity index is 2.23. The highest BCUT2D eigenvalue weighted by atomic mass is 35.5. The molecule has 0 N–H and O–H groups in total. The smallest absolute Gasteiger partial charge is 0.264 e. The zero-order valence-corrected chi connectivity index (χ0v) is 12.1. The summed E-state index contributed by atoms with van der Waals surface area (Å²) in [5.41, 5.74) is 2.16. The third-order valence-corrected chi connectivity index (χ3v) is 4.43. The van der Waals surface area contributed by atoms with Crippen molar-refractivity contribution < 1.29 is 0 Å². The third-order valence-electron chi connectivity index (χ3n) is 4.20. The molecular formula is C18H9ClN2O. The Hall–Kier alpha value is -2.65. The number of aromatic nitrogens is 2. The summed E-state index contributed by atoms with van der Waals surface area (Å²) in [4.78, 5) is 17.6. The summed E-state index contributed by atoms with van der Waals surface area (Å²) in [5, 5.41) is 4.32. The Morgan fingerprint density at radius 2 is 1.73 bits per heavy atom. The predicted molar refractivity (Wildman–Crippen MR) is 90.2 cm³/mol. The van der Waals surface area contributed by atoms with Crippen LogP contribution in [0, 0.1) is 0 Å². The molecule has 22 heavy (non-hydrogen) atoms. The number of hydrogen-bond donors (Lipinski definition) is 0. The average Bonchev–Trinajstić information content (AvgIpc) is 2.91. The lowest BCUT2D eigenvalue weighted by Crippen LogP contribution is -2.13. The number of hydrogen-bond acceptors (Lipinski definition) is 2. The molecule has 0 unspecified atom stereocenters. The summed E-state index contributed by atoms with van der Waals surface area (Å²) >= 11 is 6.09. The van der Waals surface area contributed by atoms with Crippen molar-refractivity contribution in [2.45, 2.75) is 0 Å². The number of benzene rings is 3. The van der Waals surface area contributed by atoms with E-state index in [1.807, 2.05) is 42.5 Å². The molecule has 0 bridgehead atoms. The molecule has 0 amide bonds. The minimum absolute atomic E-state index is 0.0518. The number of imidazole rings is 1. The number of halogens is 1. The maximum Gasteiger partial charge on any atom is 0.264 e. The monoisotopic (exact) mass is 304 g/mol. The molecule has 0 saturated carbocycles. The van der Waals surface area contributed by atoms with Crippen molar-refractivity contribution in [3.8, 4) is 0 Å². The minimum Gasteiger partial charge on any atom is -0.268 e. The molecule has 0 atom stereocenters. The van der Waals surface area contributed by atoms with Crippen LogP contribution < -0.4 is 5.56 Å². The molecule has 0 saturated heterocycles. The zero-order chi connectivity index (χ0) is 14.8. The van der Waals surface area contributed by atoms with E-state index in [1.165, 1.54) is 0 Å². The molecule has 3 aromatic carbocycles. The lowest BCUT2D eigenvalue weighted by atomic mass is 10.0. The van der Waals surface area contributed by atoms with E-state index >= 15 is 0 Å². The Bertz CT molecular complexity index is 1250. The number of fused-ring (bicyclic) bond motifs is 4. The van der Waals surface area contributed by atoms with Crippen LogP contribution in [0.4, 0.5) is 0 Å². The Morgan fingerprint density at radius 3 is 2.55 bits per heavy atom. The van der Waals surface area contributed by atoms with Crippen LogP contribution in [0.3, 0.4) is 0 Å². The average molecular weight is 305 g/mol. The fourth-order valence-corrected chi connectivity index (χ4v) is 3.43. The van der Waals surface area contributed by atoms with E-state index in [2.05, 4.69) is 4.98 Å². The lowest BCUT2D eigenvalue weighted by Gasteiger charge is -2.06. The Morgan fingerprint density at radius 1 is 0.955 bits per heavy atom. The second-order valence-electron chi connectivity index (χ2n) is 5.42. The van der Waals surface area contributed by atoms with E-state index in [0.29, 0.717) is 16.1 Å². The van der Waals surface area contributed by atoms with E-state index in [1.54, 1.807) is 16.5 Å². The maximum absolute atomic E-state index is 13.0. The van der Waals surface area contributed by atoms with E-state index in [0.717, 1.165) is 27.2 Å². The summed E-state index contributed by atoms with van der Waals surface area (Å²) in [5.74, 6) is 0. The molecule has 0 spiro atoms. The van der Waals surface area contributed by atoms with Gasteiger partial charge in [0, 0.05) is 21.2 Å². The van der Waals surface area contributed by atoms with Crippen LogP contribution in [0.15, 0.2) is 59.4 Å². The summed E-state index contributed by atoms with van der Waals surface area (Å²) in [7, 11) is 0. The first-order valence-corrected chi connectivity index (χ1v) is 7.37. The van der Waals surface area contributed by atoms with Crippen molar-refractivity contribution in [1.29, 1.82) is 0 Å². The van der Waals surface area contributed by atoms with Gasteiger partial charge in [-0.05, 0) is 29.7 Å². The van der Waals surface area contributed by atoms with Gasteiger partial charge in [-0.3, -0.25) is 9.20 Å². The van der Waals surface area contributed by atoms with Gasteiger partial charge < -0.3 is 0 Å². The summed E-state index contributed by atoms with van der Waals surface area (Å²) in [6.07, 6.45) is 0. The van der Waals surface area contributed by atoms with Gasteiger partial charge in [0.25, 0.3) is 5.56 Å². The van der Waals surface area contributed by atoms with Gasteiger partial charge >= 0.3 is 0 Å². The number of pyridine rings is 1. The molecule has 0 fully saturated rings. The molecule has 3 nitrogen and oxygen atoms in total. The Labute approximate surface area is 129 Å². The normalized spacial score (nSPS) is 12.0. The summed E-state index contributed by atoms with van der Waals surface area (Å²) < 4.78 is 1.66. The van der Waals surface area contributed by atoms with Crippen LogP contribution >= 0.6 is 11.6 Å². The fraction of sp³-hybridized carbons (Fsp3) is 0. The van der Waals surface area contributed by atoms with E-state index < -0.39 is 0 Å². The molecule has 2 aromatic heterocycles. The first-order valence-electron chi connectivity index (χ1n) is 6.99. The van der Waals surface area contributed by atoms with Crippen LogP contribution in [-0.2, 0) is 0 Å². The summed E-state index contributed by atoms with van der Waals surface area (Å²) in [6.45, 7) is 0. The van der Waals surface area contributed by atoms with Crippen molar-refractivity contribution in [3.63, 3.8) is 0 Å². The molecule has 2 heterocycles. The van der Waals surface area contributed by atoms with Gasteiger partial charge in [-0.15, -0.1) is 0 Å². The molecular weight excluding hydrogens is 296 g/mol. The van der Waals surface area contributed by atoms with Crippen molar-refractivity contribution in [3.05, 3.63) is 70.0 Å². The first-order chi connectivity index (χ1) is 10.7.